The van der Waals surface area contributed by atoms with Gasteiger partial charge in [0.1, 0.15) is 0 Å². The van der Waals surface area contributed by atoms with Gasteiger partial charge >= 0.3 is 5.97 Å². The van der Waals surface area contributed by atoms with E-state index in [4.69, 9.17) is 4.74 Å². The van der Waals surface area contributed by atoms with E-state index in [2.05, 4.69) is 17.1 Å². The van der Waals surface area contributed by atoms with Gasteiger partial charge in [-0.3, -0.25) is 4.79 Å². The van der Waals surface area contributed by atoms with Crippen molar-refractivity contribution in [2.24, 2.45) is 0 Å². The summed E-state index contributed by atoms with van der Waals surface area (Å²) < 4.78 is 4.94. The number of nitrogens with one attached hydrogen (secondary N) is 1. The van der Waals surface area contributed by atoms with E-state index in [0.717, 1.165) is 22.5 Å². The van der Waals surface area contributed by atoms with Crippen LogP contribution in [-0.4, -0.2) is 17.6 Å². The molecule has 0 atom stereocenters. The van der Waals surface area contributed by atoms with E-state index in [-0.39, 0.29) is 5.97 Å². The number of hydrogen-bond acceptors (Lipinski definition) is 2. The van der Waals surface area contributed by atoms with Gasteiger partial charge in [-0.25, -0.2) is 0 Å². The highest BCUT2D eigenvalue weighted by atomic mass is 16.5. The molecule has 3 nitrogen and oxygen atoms in total. The van der Waals surface area contributed by atoms with Gasteiger partial charge in [0.15, 0.2) is 0 Å². The largest absolute Gasteiger partial charge is 0.466 e. The number of esters is 1. The molecule has 0 spiro atoms. The van der Waals surface area contributed by atoms with E-state index in [1.54, 1.807) is 0 Å². The third-order valence-corrected chi connectivity index (χ3v) is 2.80. The molecule has 2 rings (SSSR count). The maximum absolute atomic E-state index is 11.4. The van der Waals surface area contributed by atoms with Gasteiger partial charge in [0.2, 0.25) is 0 Å². The molecule has 0 saturated heterocycles. The van der Waals surface area contributed by atoms with Crippen LogP contribution >= 0.6 is 0 Å². The third kappa shape index (κ3) is 2.80. The first kappa shape index (κ1) is 12.4. The van der Waals surface area contributed by atoms with Gasteiger partial charge in [0.25, 0.3) is 0 Å². The van der Waals surface area contributed by atoms with E-state index in [0.29, 0.717) is 13.0 Å². The van der Waals surface area contributed by atoms with Crippen LogP contribution in [0.4, 0.5) is 0 Å². The fourth-order valence-electron chi connectivity index (χ4n) is 2.01. The van der Waals surface area contributed by atoms with Crippen molar-refractivity contribution < 1.29 is 9.53 Å². The summed E-state index contributed by atoms with van der Waals surface area (Å²) in [5.74, 6) is -0.196. The fraction of sp³-hybridized carbons (Fsp3) is 0.267. The van der Waals surface area contributed by atoms with Crippen LogP contribution in [0, 0.1) is 6.92 Å². The van der Waals surface area contributed by atoms with Crippen LogP contribution in [0.15, 0.2) is 36.4 Å². The molecular weight excluding hydrogens is 226 g/mol. The van der Waals surface area contributed by atoms with Crippen molar-refractivity contribution in [1.82, 2.24) is 4.98 Å². The minimum absolute atomic E-state index is 0.196. The van der Waals surface area contributed by atoms with Gasteiger partial charge in [-0.1, -0.05) is 30.3 Å². The van der Waals surface area contributed by atoms with Crippen molar-refractivity contribution in [3.63, 3.8) is 0 Å². The van der Waals surface area contributed by atoms with Crippen LogP contribution in [0.25, 0.3) is 11.1 Å². The Labute approximate surface area is 107 Å². The minimum Gasteiger partial charge on any atom is -0.466 e. The zero-order valence-electron chi connectivity index (χ0n) is 10.7. The van der Waals surface area contributed by atoms with Crippen LogP contribution in [-0.2, 0) is 16.0 Å². The highest BCUT2D eigenvalue weighted by Gasteiger charge is 2.10. The Hall–Kier alpha value is -2.03. The number of H-pyrrole nitrogens is 1. The predicted molar refractivity (Wildman–Crippen MR) is 71.3 cm³/mol. The first-order valence-corrected chi connectivity index (χ1v) is 6.10. The van der Waals surface area contributed by atoms with Gasteiger partial charge in [-0.05, 0) is 25.5 Å². The van der Waals surface area contributed by atoms with E-state index < -0.39 is 0 Å². The molecule has 0 aliphatic carbocycles. The quantitative estimate of drug-likeness (QED) is 0.838. The number of carbonyl (C=O) groups is 1. The van der Waals surface area contributed by atoms with Crippen molar-refractivity contribution in [1.29, 1.82) is 0 Å². The van der Waals surface area contributed by atoms with E-state index >= 15 is 0 Å². The number of carbonyl (C=O) groups excluding carboxylic acids is 1. The lowest BCUT2D eigenvalue weighted by molar-refractivity contribution is -0.142. The summed E-state index contributed by atoms with van der Waals surface area (Å²) in [5.41, 5.74) is 4.25. The molecular formula is C15H17NO2. The highest BCUT2D eigenvalue weighted by Crippen LogP contribution is 2.24. The van der Waals surface area contributed by atoms with E-state index in [1.807, 2.05) is 38.1 Å². The Morgan fingerprint density at radius 2 is 2.00 bits per heavy atom. The molecule has 0 aliphatic rings. The number of rotatable bonds is 4. The third-order valence-electron chi connectivity index (χ3n) is 2.80. The summed E-state index contributed by atoms with van der Waals surface area (Å²) in [6.45, 7) is 4.24. The van der Waals surface area contributed by atoms with Gasteiger partial charge in [0, 0.05) is 17.0 Å². The molecule has 0 fully saturated rings. The topological polar surface area (TPSA) is 42.1 Å². The summed E-state index contributed by atoms with van der Waals surface area (Å²) in [5, 5.41) is 0. The normalized spacial score (nSPS) is 10.3. The zero-order chi connectivity index (χ0) is 13.0. The molecule has 0 aliphatic heterocycles. The van der Waals surface area contributed by atoms with E-state index in [1.165, 1.54) is 0 Å². The summed E-state index contributed by atoms with van der Waals surface area (Å²) in [6, 6.07) is 12.1. The van der Waals surface area contributed by atoms with Gasteiger partial charge < -0.3 is 9.72 Å². The molecule has 3 heteroatoms. The Kier molecular flexibility index (Phi) is 3.82. The number of aryl methyl sites for hydroxylation is 1. The number of hydrogen-bond donors (Lipinski definition) is 1. The Balaban J connectivity index is 2.20. The van der Waals surface area contributed by atoms with Crippen LogP contribution in [0.2, 0.25) is 0 Å². The second-order valence-corrected chi connectivity index (χ2v) is 4.18. The van der Waals surface area contributed by atoms with Gasteiger partial charge in [0.05, 0.1) is 13.0 Å². The summed E-state index contributed by atoms with van der Waals surface area (Å²) in [7, 11) is 0. The summed E-state index contributed by atoms with van der Waals surface area (Å²) >= 11 is 0. The van der Waals surface area contributed by atoms with Crippen LogP contribution in [0.1, 0.15) is 18.3 Å². The molecule has 0 radical (unpaired) electrons. The summed E-state index contributed by atoms with van der Waals surface area (Å²) in [4.78, 5) is 14.7. The van der Waals surface area contributed by atoms with Crippen LogP contribution in [0.3, 0.4) is 0 Å². The Bertz CT molecular complexity index is 529. The molecule has 0 saturated carbocycles. The minimum atomic E-state index is -0.196. The average molecular weight is 243 g/mol. The SMILES string of the molecule is CCOC(=O)Cc1cc(-c2ccccc2)c(C)[nH]1. The lowest BCUT2D eigenvalue weighted by Crippen LogP contribution is -2.07. The van der Waals surface area contributed by atoms with E-state index in [9.17, 15) is 4.79 Å². The molecule has 1 aromatic heterocycles. The maximum Gasteiger partial charge on any atom is 0.311 e. The molecule has 94 valence electrons. The van der Waals surface area contributed by atoms with Gasteiger partial charge in [-0.15, -0.1) is 0 Å². The first-order chi connectivity index (χ1) is 8.70. The smallest absolute Gasteiger partial charge is 0.311 e. The first-order valence-electron chi connectivity index (χ1n) is 6.10. The molecule has 0 bridgehead atoms. The lowest BCUT2D eigenvalue weighted by atomic mass is 10.1. The number of aromatic amines is 1. The van der Waals surface area contributed by atoms with Crippen molar-refractivity contribution in [3.05, 3.63) is 47.8 Å². The fourth-order valence-corrected chi connectivity index (χ4v) is 2.01. The number of aromatic nitrogens is 1. The zero-order valence-corrected chi connectivity index (χ0v) is 10.7. The van der Waals surface area contributed by atoms with Crippen molar-refractivity contribution in [2.45, 2.75) is 20.3 Å². The monoisotopic (exact) mass is 243 g/mol. The molecule has 1 aromatic carbocycles. The van der Waals surface area contributed by atoms with Gasteiger partial charge in [-0.2, -0.15) is 0 Å². The van der Waals surface area contributed by atoms with Crippen molar-refractivity contribution in [3.8, 4) is 11.1 Å². The second-order valence-electron chi connectivity index (χ2n) is 4.18. The Morgan fingerprint density at radius 3 is 2.67 bits per heavy atom. The predicted octanol–water partition coefficient (Wildman–Crippen LogP) is 3.10. The number of benzene rings is 1. The standard InChI is InChI=1S/C15H17NO2/c1-3-18-15(17)10-13-9-14(11(2)16-13)12-7-5-4-6-8-12/h4-9,16H,3,10H2,1-2H3. The van der Waals surface area contributed by atoms with Crippen LogP contribution < -0.4 is 0 Å². The Morgan fingerprint density at radius 1 is 1.28 bits per heavy atom. The average Bonchev–Trinajstić information content (AvgIpc) is 2.71. The van der Waals surface area contributed by atoms with Crippen molar-refractivity contribution in [2.75, 3.05) is 6.61 Å². The molecule has 0 amide bonds. The van der Waals surface area contributed by atoms with Crippen LogP contribution in [0.5, 0.6) is 0 Å². The molecule has 18 heavy (non-hydrogen) atoms. The molecule has 0 unspecified atom stereocenters. The number of ether oxygens (including phenoxy) is 1. The van der Waals surface area contributed by atoms with Crippen molar-refractivity contribution >= 4 is 5.97 Å². The maximum atomic E-state index is 11.4. The molecule has 2 aromatic rings. The lowest BCUT2D eigenvalue weighted by Gasteiger charge is -1.98. The highest BCUT2D eigenvalue weighted by molar-refractivity contribution is 5.74. The second kappa shape index (κ2) is 5.54. The summed E-state index contributed by atoms with van der Waals surface area (Å²) in [6.07, 6.45) is 0.293. The molecule has 1 heterocycles. The molecule has 1 N–H and O–H groups in total.